The molecule has 1 saturated heterocycles. The molecule has 1 aromatic carbocycles. The van der Waals surface area contributed by atoms with Gasteiger partial charge in [0.15, 0.2) is 0 Å². The molecule has 1 aliphatic rings. The number of rotatable bonds is 4. The smallest absolute Gasteiger partial charge is 0.241 e. The van der Waals surface area contributed by atoms with Crippen LogP contribution >= 0.6 is 0 Å². The second-order valence-electron chi connectivity index (χ2n) is 5.91. The van der Waals surface area contributed by atoms with Crippen LogP contribution in [0.2, 0.25) is 0 Å². The van der Waals surface area contributed by atoms with Gasteiger partial charge in [-0.3, -0.25) is 9.59 Å². The zero-order valence-corrected chi connectivity index (χ0v) is 12.8. The average molecular weight is 289 g/mol. The summed E-state index contributed by atoms with van der Waals surface area (Å²) in [6.07, 6.45) is 1.02. The number of amides is 2. The second-order valence-corrected chi connectivity index (χ2v) is 5.91. The Morgan fingerprint density at radius 1 is 1.24 bits per heavy atom. The van der Waals surface area contributed by atoms with Crippen LogP contribution in [0.3, 0.4) is 0 Å². The van der Waals surface area contributed by atoms with Crippen LogP contribution in [-0.4, -0.2) is 24.4 Å². The summed E-state index contributed by atoms with van der Waals surface area (Å²) in [4.78, 5) is 23.9. The van der Waals surface area contributed by atoms with Crippen LogP contribution < -0.4 is 16.0 Å². The lowest BCUT2D eigenvalue weighted by Gasteiger charge is -2.16. The summed E-state index contributed by atoms with van der Waals surface area (Å²) in [5, 5.41) is 8.94. The molecule has 2 rings (SSSR count). The third-order valence-corrected chi connectivity index (χ3v) is 3.74. The third-order valence-electron chi connectivity index (χ3n) is 3.74. The van der Waals surface area contributed by atoms with E-state index < -0.39 is 0 Å². The number of carbonyl (C=O) groups excluding carboxylic acids is 2. The highest BCUT2D eigenvalue weighted by molar-refractivity contribution is 5.97. The molecule has 1 aliphatic heterocycles. The molecular formula is C16H23N3O2. The van der Waals surface area contributed by atoms with Crippen molar-refractivity contribution in [3.8, 4) is 0 Å². The molecule has 1 heterocycles. The lowest BCUT2D eigenvalue weighted by Crippen LogP contribution is -2.39. The Morgan fingerprint density at radius 2 is 1.90 bits per heavy atom. The number of nitrogens with one attached hydrogen (secondary N) is 3. The number of benzene rings is 1. The molecule has 2 amide bonds. The van der Waals surface area contributed by atoms with E-state index in [1.54, 1.807) is 6.07 Å². The van der Waals surface area contributed by atoms with Crippen molar-refractivity contribution >= 4 is 23.2 Å². The standard InChI is InChI=1S/C16H23N3O2/c1-10(2)15(20)18-12-5-4-6-13(9-12)19-16(21)14-11(3)7-8-17-14/h4-6,9-11,14,17H,7-8H2,1-3H3,(H,18,20)(H,19,21). The molecule has 0 aliphatic carbocycles. The maximum atomic E-state index is 12.2. The van der Waals surface area contributed by atoms with Crippen molar-refractivity contribution in [3.05, 3.63) is 24.3 Å². The van der Waals surface area contributed by atoms with Crippen molar-refractivity contribution in [1.82, 2.24) is 5.32 Å². The van der Waals surface area contributed by atoms with Crippen molar-refractivity contribution in [2.24, 2.45) is 11.8 Å². The zero-order valence-electron chi connectivity index (χ0n) is 12.8. The van der Waals surface area contributed by atoms with Crippen LogP contribution in [0.1, 0.15) is 27.2 Å². The molecule has 0 saturated carbocycles. The van der Waals surface area contributed by atoms with Crippen LogP contribution in [0, 0.1) is 11.8 Å². The van der Waals surface area contributed by atoms with Gasteiger partial charge in [0.1, 0.15) is 0 Å². The highest BCUT2D eigenvalue weighted by Gasteiger charge is 2.29. The molecule has 1 fully saturated rings. The molecule has 0 bridgehead atoms. The van der Waals surface area contributed by atoms with Gasteiger partial charge in [-0.05, 0) is 37.1 Å². The molecule has 0 radical (unpaired) electrons. The van der Waals surface area contributed by atoms with Gasteiger partial charge in [0.25, 0.3) is 0 Å². The second kappa shape index (κ2) is 6.72. The van der Waals surface area contributed by atoms with Crippen LogP contribution in [0.25, 0.3) is 0 Å². The minimum Gasteiger partial charge on any atom is -0.326 e. The maximum absolute atomic E-state index is 12.2. The summed E-state index contributed by atoms with van der Waals surface area (Å²) in [7, 11) is 0. The molecule has 2 atom stereocenters. The highest BCUT2D eigenvalue weighted by atomic mass is 16.2. The van der Waals surface area contributed by atoms with Gasteiger partial charge < -0.3 is 16.0 Å². The minimum absolute atomic E-state index is 0.0210. The van der Waals surface area contributed by atoms with Crippen molar-refractivity contribution in [1.29, 1.82) is 0 Å². The lowest BCUT2D eigenvalue weighted by molar-refractivity contribution is -0.119. The summed E-state index contributed by atoms with van der Waals surface area (Å²) in [5.41, 5.74) is 1.39. The van der Waals surface area contributed by atoms with Crippen LogP contribution in [-0.2, 0) is 9.59 Å². The van der Waals surface area contributed by atoms with Gasteiger partial charge in [0, 0.05) is 17.3 Å². The largest absolute Gasteiger partial charge is 0.326 e. The van der Waals surface area contributed by atoms with E-state index >= 15 is 0 Å². The molecule has 5 nitrogen and oxygen atoms in total. The number of hydrogen-bond donors (Lipinski definition) is 3. The van der Waals surface area contributed by atoms with Gasteiger partial charge in [-0.2, -0.15) is 0 Å². The van der Waals surface area contributed by atoms with Crippen LogP contribution in [0.15, 0.2) is 24.3 Å². The van der Waals surface area contributed by atoms with E-state index in [1.807, 2.05) is 32.0 Å². The molecule has 21 heavy (non-hydrogen) atoms. The first-order valence-corrected chi connectivity index (χ1v) is 7.42. The van der Waals surface area contributed by atoms with Crippen molar-refractivity contribution < 1.29 is 9.59 Å². The number of carbonyl (C=O) groups is 2. The van der Waals surface area contributed by atoms with Crippen molar-refractivity contribution in [2.45, 2.75) is 33.2 Å². The van der Waals surface area contributed by atoms with E-state index in [1.165, 1.54) is 0 Å². The van der Waals surface area contributed by atoms with Crippen molar-refractivity contribution in [3.63, 3.8) is 0 Å². The first kappa shape index (κ1) is 15.5. The minimum atomic E-state index is -0.140. The average Bonchev–Trinajstić information content (AvgIpc) is 2.85. The Kier molecular flexibility index (Phi) is 4.96. The van der Waals surface area contributed by atoms with Gasteiger partial charge in [-0.15, -0.1) is 0 Å². The lowest BCUT2D eigenvalue weighted by atomic mass is 10.0. The number of anilines is 2. The maximum Gasteiger partial charge on any atom is 0.241 e. The zero-order chi connectivity index (χ0) is 15.4. The topological polar surface area (TPSA) is 70.2 Å². The normalized spacial score (nSPS) is 21.3. The summed E-state index contributed by atoms with van der Waals surface area (Å²) < 4.78 is 0. The van der Waals surface area contributed by atoms with Crippen LogP contribution in [0.5, 0.6) is 0 Å². The van der Waals surface area contributed by atoms with E-state index in [0.717, 1.165) is 13.0 Å². The molecule has 0 aromatic heterocycles. The molecular weight excluding hydrogens is 266 g/mol. The number of hydrogen-bond acceptors (Lipinski definition) is 3. The molecule has 114 valence electrons. The Balaban J connectivity index is 2.00. The summed E-state index contributed by atoms with van der Waals surface area (Å²) >= 11 is 0. The third kappa shape index (κ3) is 4.04. The van der Waals surface area contributed by atoms with Gasteiger partial charge in [-0.1, -0.05) is 26.8 Å². The Hall–Kier alpha value is -1.88. The fourth-order valence-electron chi connectivity index (χ4n) is 2.37. The van der Waals surface area contributed by atoms with E-state index in [9.17, 15) is 9.59 Å². The first-order valence-electron chi connectivity index (χ1n) is 7.42. The van der Waals surface area contributed by atoms with Crippen LogP contribution in [0.4, 0.5) is 11.4 Å². The molecule has 5 heteroatoms. The quantitative estimate of drug-likeness (QED) is 0.796. The monoisotopic (exact) mass is 289 g/mol. The van der Waals surface area contributed by atoms with Gasteiger partial charge in [-0.25, -0.2) is 0 Å². The highest BCUT2D eigenvalue weighted by Crippen LogP contribution is 2.19. The van der Waals surface area contributed by atoms with E-state index in [4.69, 9.17) is 0 Å². The summed E-state index contributed by atoms with van der Waals surface area (Å²) in [6.45, 7) is 6.63. The van der Waals surface area contributed by atoms with E-state index in [0.29, 0.717) is 17.3 Å². The van der Waals surface area contributed by atoms with Gasteiger partial charge in [0.2, 0.25) is 11.8 Å². The molecule has 3 N–H and O–H groups in total. The predicted octanol–water partition coefficient (Wildman–Crippen LogP) is 2.22. The molecule has 0 spiro atoms. The fraction of sp³-hybridized carbons (Fsp3) is 0.500. The first-order chi connectivity index (χ1) is 9.97. The Bertz CT molecular complexity index is 528. The summed E-state index contributed by atoms with van der Waals surface area (Å²) in [6, 6.07) is 7.09. The van der Waals surface area contributed by atoms with E-state index in [2.05, 4.69) is 22.9 Å². The predicted molar refractivity (Wildman–Crippen MR) is 84.1 cm³/mol. The van der Waals surface area contributed by atoms with E-state index in [-0.39, 0.29) is 23.8 Å². The summed E-state index contributed by atoms with van der Waals surface area (Å²) in [5.74, 6) is 0.206. The Morgan fingerprint density at radius 3 is 2.48 bits per heavy atom. The molecule has 1 aromatic rings. The Labute approximate surface area is 125 Å². The van der Waals surface area contributed by atoms with Crippen molar-refractivity contribution in [2.75, 3.05) is 17.2 Å². The van der Waals surface area contributed by atoms with Gasteiger partial charge >= 0.3 is 0 Å². The molecule has 2 unspecified atom stereocenters. The SMILES string of the molecule is CC(C)C(=O)Nc1cccc(NC(=O)C2NCCC2C)c1. The fourth-order valence-corrected chi connectivity index (χ4v) is 2.37. The van der Waals surface area contributed by atoms with Gasteiger partial charge in [0.05, 0.1) is 6.04 Å².